The highest BCUT2D eigenvalue weighted by Gasteiger charge is 2.48. The molecule has 0 saturated carbocycles. The summed E-state index contributed by atoms with van der Waals surface area (Å²) in [6.45, 7) is 0. The van der Waals surface area contributed by atoms with E-state index in [-0.39, 0.29) is 0 Å². The van der Waals surface area contributed by atoms with Crippen LogP contribution >= 0.6 is 0 Å². The summed E-state index contributed by atoms with van der Waals surface area (Å²) in [6, 6.07) is 65.9. The number of nitrogens with zero attached hydrogens (tertiary/aromatic N) is 3. The molecule has 0 N–H and O–H groups in total. The van der Waals surface area contributed by atoms with Gasteiger partial charge in [-0.05, 0) is 67.9 Å². The smallest absolute Gasteiger partial charge is 0.164 e. The van der Waals surface area contributed by atoms with Gasteiger partial charge in [-0.25, -0.2) is 15.0 Å². The molecule has 2 aromatic heterocycles. The molecule has 1 aliphatic carbocycles. The van der Waals surface area contributed by atoms with E-state index in [1.807, 2.05) is 30.3 Å². The summed E-state index contributed by atoms with van der Waals surface area (Å²) in [5.41, 5.74) is 10.9. The van der Waals surface area contributed by atoms with E-state index in [0.717, 1.165) is 71.7 Å². The number of furan rings is 1. The first-order valence-corrected chi connectivity index (χ1v) is 18.3. The van der Waals surface area contributed by atoms with E-state index >= 15 is 0 Å². The van der Waals surface area contributed by atoms with Crippen LogP contribution in [0.25, 0.3) is 77.7 Å². The van der Waals surface area contributed by atoms with Gasteiger partial charge in [0.05, 0.1) is 0 Å². The number of hydrogen-bond acceptors (Lipinski definition) is 4. The molecule has 1 aliphatic rings. The van der Waals surface area contributed by atoms with Gasteiger partial charge in [0, 0.05) is 21.9 Å². The van der Waals surface area contributed by atoms with Gasteiger partial charge in [0.25, 0.3) is 0 Å². The van der Waals surface area contributed by atoms with Crippen molar-refractivity contribution in [1.82, 2.24) is 15.0 Å². The Morgan fingerprint density at radius 3 is 1.67 bits per heavy atom. The first-order valence-electron chi connectivity index (χ1n) is 18.3. The average molecular weight is 690 g/mol. The van der Waals surface area contributed by atoms with Gasteiger partial charge in [-0.2, -0.15) is 0 Å². The largest absolute Gasteiger partial charge is 0.456 e. The zero-order valence-electron chi connectivity index (χ0n) is 29.1. The van der Waals surface area contributed by atoms with Crippen LogP contribution in [0.4, 0.5) is 0 Å². The summed E-state index contributed by atoms with van der Waals surface area (Å²) in [7, 11) is 0. The van der Waals surface area contributed by atoms with Crippen LogP contribution < -0.4 is 0 Å². The molecule has 0 aliphatic heterocycles. The minimum absolute atomic E-state index is 0.631. The highest BCUT2D eigenvalue weighted by molar-refractivity contribution is 6.08. The van der Waals surface area contributed by atoms with E-state index in [1.54, 1.807) is 0 Å². The highest BCUT2D eigenvalue weighted by Crippen LogP contribution is 2.55. The van der Waals surface area contributed by atoms with Crippen molar-refractivity contribution in [2.24, 2.45) is 0 Å². The molecule has 0 amide bonds. The highest BCUT2D eigenvalue weighted by atomic mass is 16.3. The van der Waals surface area contributed by atoms with Crippen molar-refractivity contribution in [2.45, 2.75) is 5.41 Å². The van der Waals surface area contributed by atoms with Crippen molar-refractivity contribution < 1.29 is 4.42 Å². The quantitative estimate of drug-likeness (QED) is 0.180. The number of fused-ring (bicyclic) bond motifs is 7. The number of rotatable bonds is 5. The first-order chi connectivity index (χ1) is 26.8. The molecule has 10 aromatic rings. The topological polar surface area (TPSA) is 51.8 Å². The predicted octanol–water partition coefficient (Wildman–Crippen LogP) is 12.3. The molecule has 0 saturated heterocycles. The summed E-state index contributed by atoms with van der Waals surface area (Å²) >= 11 is 0. The molecule has 252 valence electrons. The van der Waals surface area contributed by atoms with Gasteiger partial charge in [-0.15, -0.1) is 0 Å². The Balaban J connectivity index is 1.18. The normalized spacial score (nSPS) is 13.0. The second kappa shape index (κ2) is 11.9. The van der Waals surface area contributed by atoms with Crippen molar-refractivity contribution in [3.8, 4) is 45.0 Å². The van der Waals surface area contributed by atoms with Crippen molar-refractivity contribution in [3.05, 3.63) is 211 Å². The number of benzene rings is 8. The molecule has 4 heteroatoms. The molecule has 11 rings (SSSR count). The van der Waals surface area contributed by atoms with Crippen LogP contribution in [0.15, 0.2) is 192 Å². The third-order valence-corrected chi connectivity index (χ3v) is 11.0. The van der Waals surface area contributed by atoms with Crippen LogP contribution in [-0.4, -0.2) is 15.0 Å². The van der Waals surface area contributed by atoms with E-state index in [2.05, 4.69) is 158 Å². The Kier molecular flexibility index (Phi) is 6.73. The summed E-state index contributed by atoms with van der Waals surface area (Å²) in [5.74, 6) is 1.96. The van der Waals surface area contributed by atoms with Crippen LogP contribution in [0.3, 0.4) is 0 Å². The van der Waals surface area contributed by atoms with Crippen LogP contribution in [0.1, 0.15) is 22.5 Å². The third-order valence-electron chi connectivity index (χ3n) is 11.0. The molecule has 0 atom stereocenters. The Morgan fingerprint density at radius 1 is 0.352 bits per heavy atom. The lowest BCUT2D eigenvalue weighted by Crippen LogP contribution is -2.31. The van der Waals surface area contributed by atoms with Gasteiger partial charge in [0.15, 0.2) is 17.5 Å². The fourth-order valence-corrected chi connectivity index (χ4v) is 8.63. The molecular weight excluding hydrogens is 659 g/mol. The fourth-order valence-electron chi connectivity index (χ4n) is 8.63. The summed E-state index contributed by atoms with van der Waals surface area (Å²) < 4.78 is 6.31. The maximum absolute atomic E-state index is 6.31. The van der Waals surface area contributed by atoms with Crippen LogP contribution in [-0.2, 0) is 5.41 Å². The van der Waals surface area contributed by atoms with E-state index in [0.29, 0.717) is 17.5 Å². The van der Waals surface area contributed by atoms with Gasteiger partial charge in [-0.3, -0.25) is 0 Å². The fraction of sp³-hybridized carbons (Fsp3) is 0.0200. The van der Waals surface area contributed by atoms with Gasteiger partial charge in [0.2, 0.25) is 0 Å². The van der Waals surface area contributed by atoms with E-state index in [9.17, 15) is 0 Å². The maximum Gasteiger partial charge on any atom is 0.164 e. The third kappa shape index (κ3) is 4.47. The molecular formula is C50H31N3O. The van der Waals surface area contributed by atoms with E-state index in [4.69, 9.17) is 19.4 Å². The lowest BCUT2D eigenvalue weighted by molar-refractivity contribution is 0.669. The van der Waals surface area contributed by atoms with Crippen molar-refractivity contribution in [3.63, 3.8) is 0 Å². The molecule has 0 unspecified atom stereocenters. The van der Waals surface area contributed by atoms with Crippen molar-refractivity contribution in [2.75, 3.05) is 0 Å². The zero-order chi connectivity index (χ0) is 35.6. The Hall–Kier alpha value is -7.17. The van der Waals surface area contributed by atoms with Gasteiger partial charge >= 0.3 is 0 Å². The average Bonchev–Trinajstić information content (AvgIpc) is 3.77. The van der Waals surface area contributed by atoms with Gasteiger partial charge in [-0.1, -0.05) is 170 Å². The monoisotopic (exact) mass is 689 g/mol. The predicted molar refractivity (Wildman–Crippen MR) is 218 cm³/mol. The summed E-state index contributed by atoms with van der Waals surface area (Å²) in [4.78, 5) is 16.2. The standard InChI is InChI=1S/C50H31N3O/c1-3-15-32(16-4-1)47-51-48(53-49(52-47)50(34-17-5-2-6-18-34)43-26-10-7-19-38(43)39-20-8-11-27-44(39)50)42-25-14-23-36-35(22-13-24-37(36)42)33-29-30-41-40-21-9-12-28-45(40)54-46(41)31-33/h1-31H. The minimum Gasteiger partial charge on any atom is -0.456 e. The Morgan fingerprint density at radius 2 is 0.907 bits per heavy atom. The molecule has 4 nitrogen and oxygen atoms in total. The molecule has 0 spiro atoms. The molecule has 54 heavy (non-hydrogen) atoms. The van der Waals surface area contributed by atoms with E-state index < -0.39 is 5.41 Å². The summed E-state index contributed by atoms with van der Waals surface area (Å²) in [5, 5.41) is 4.42. The molecule has 0 bridgehead atoms. The van der Waals surface area contributed by atoms with Crippen LogP contribution in [0.5, 0.6) is 0 Å². The van der Waals surface area contributed by atoms with Crippen LogP contribution in [0, 0.1) is 0 Å². The number of aromatic nitrogens is 3. The van der Waals surface area contributed by atoms with E-state index in [1.165, 1.54) is 11.1 Å². The molecule has 2 heterocycles. The maximum atomic E-state index is 6.31. The second-order valence-electron chi connectivity index (χ2n) is 13.9. The molecule has 0 fully saturated rings. The Bertz CT molecular complexity index is 3010. The van der Waals surface area contributed by atoms with Crippen LogP contribution in [0.2, 0.25) is 0 Å². The number of hydrogen-bond donors (Lipinski definition) is 0. The van der Waals surface area contributed by atoms with Gasteiger partial charge in [0.1, 0.15) is 16.6 Å². The van der Waals surface area contributed by atoms with Crippen molar-refractivity contribution >= 4 is 32.7 Å². The number of para-hydroxylation sites is 1. The SMILES string of the molecule is c1ccc(-c2nc(-c3cccc4c(-c5ccc6c(c5)oc5ccccc56)cccc34)nc(C3(c4ccccc4)c4ccccc4-c4ccccc43)n2)cc1. The molecule has 8 aromatic carbocycles. The Labute approximate surface area is 312 Å². The second-order valence-corrected chi connectivity index (χ2v) is 13.9. The molecule has 0 radical (unpaired) electrons. The minimum atomic E-state index is -0.770. The van der Waals surface area contributed by atoms with Crippen molar-refractivity contribution in [1.29, 1.82) is 0 Å². The summed E-state index contributed by atoms with van der Waals surface area (Å²) in [6.07, 6.45) is 0. The lowest BCUT2D eigenvalue weighted by atomic mass is 9.71. The lowest BCUT2D eigenvalue weighted by Gasteiger charge is -2.32. The zero-order valence-corrected chi connectivity index (χ0v) is 29.1. The first kappa shape index (κ1) is 30.5. The van der Waals surface area contributed by atoms with Gasteiger partial charge < -0.3 is 4.42 Å².